The molecule has 0 saturated carbocycles. The lowest BCUT2D eigenvalue weighted by molar-refractivity contribution is 0.0970. The van der Waals surface area contributed by atoms with Crippen LogP contribution in [0.15, 0.2) is 64.2 Å². The summed E-state index contributed by atoms with van der Waals surface area (Å²) in [5.41, 5.74) is 3.43. The van der Waals surface area contributed by atoms with Gasteiger partial charge in [-0.3, -0.25) is 19.6 Å². The van der Waals surface area contributed by atoms with Gasteiger partial charge in [0.15, 0.2) is 5.78 Å². The van der Waals surface area contributed by atoms with E-state index in [1.54, 1.807) is 29.8 Å². The highest BCUT2D eigenvalue weighted by atomic mass is 32.1. The number of ketones is 1. The standard InChI is InChI=1S/C22H16N4O2S/c27-19(9-14-3-2-7-23-14)15-4-1-5-17-16(15)10-21(25-17)26-22(28)18-11-20-13(12-24-18)6-8-29-20/h1-2,4-8,11-12H,3,9-10H2,(H,25,26,28). The zero-order valence-corrected chi connectivity index (χ0v) is 16.2. The van der Waals surface area contributed by atoms with E-state index in [1.165, 1.54) is 0 Å². The monoisotopic (exact) mass is 400 g/mol. The maximum absolute atomic E-state index is 12.8. The Hall–Kier alpha value is -3.45. The third-order valence-electron chi connectivity index (χ3n) is 4.96. The fourth-order valence-corrected chi connectivity index (χ4v) is 4.32. The van der Waals surface area contributed by atoms with Crippen LogP contribution in [0, 0.1) is 0 Å². The van der Waals surface area contributed by atoms with Gasteiger partial charge in [0, 0.05) is 53.0 Å². The second-order valence-electron chi connectivity index (χ2n) is 6.90. The van der Waals surface area contributed by atoms with Gasteiger partial charge in [-0.1, -0.05) is 18.2 Å². The van der Waals surface area contributed by atoms with Crippen molar-refractivity contribution in [3.05, 3.63) is 71.0 Å². The van der Waals surface area contributed by atoms with Gasteiger partial charge in [-0.15, -0.1) is 11.3 Å². The van der Waals surface area contributed by atoms with E-state index in [0.29, 0.717) is 29.9 Å². The Bertz CT molecular complexity index is 1250. The summed E-state index contributed by atoms with van der Waals surface area (Å²) >= 11 is 1.57. The van der Waals surface area contributed by atoms with E-state index >= 15 is 0 Å². The summed E-state index contributed by atoms with van der Waals surface area (Å²) < 4.78 is 1.01. The zero-order chi connectivity index (χ0) is 19.8. The summed E-state index contributed by atoms with van der Waals surface area (Å²) in [5, 5.41) is 5.83. The second kappa shape index (κ2) is 7.18. The van der Waals surface area contributed by atoms with Gasteiger partial charge >= 0.3 is 0 Å². The summed E-state index contributed by atoms with van der Waals surface area (Å²) in [4.78, 5) is 38.4. The van der Waals surface area contributed by atoms with Gasteiger partial charge in [-0.05, 0) is 29.1 Å². The number of aliphatic imine (C=N–C) groups is 2. The van der Waals surface area contributed by atoms with Gasteiger partial charge in [0.2, 0.25) is 0 Å². The molecule has 1 aromatic carbocycles. The van der Waals surface area contributed by atoms with Gasteiger partial charge in [0.05, 0.1) is 5.69 Å². The molecule has 0 bridgehead atoms. The van der Waals surface area contributed by atoms with Crippen LogP contribution in [-0.2, 0) is 6.42 Å². The van der Waals surface area contributed by atoms with Crippen LogP contribution >= 0.6 is 11.3 Å². The topological polar surface area (TPSA) is 83.8 Å². The van der Waals surface area contributed by atoms with Crippen LogP contribution in [-0.4, -0.2) is 28.2 Å². The molecule has 0 unspecified atom stereocenters. The van der Waals surface area contributed by atoms with Crippen LogP contribution in [0.3, 0.4) is 0 Å². The Balaban J connectivity index is 1.32. The van der Waals surface area contributed by atoms with E-state index in [0.717, 1.165) is 33.5 Å². The molecule has 0 radical (unpaired) electrons. The molecule has 2 aliphatic rings. The van der Waals surface area contributed by atoms with Crippen molar-refractivity contribution in [3.63, 3.8) is 0 Å². The van der Waals surface area contributed by atoms with Crippen molar-refractivity contribution < 1.29 is 9.59 Å². The molecule has 1 N–H and O–H groups in total. The summed E-state index contributed by atoms with van der Waals surface area (Å²) in [6, 6.07) is 9.25. The fraction of sp³-hybridized carbons (Fsp3) is 0.136. The van der Waals surface area contributed by atoms with Crippen LogP contribution < -0.4 is 5.32 Å². The first-order valence-corrected chi connectivity index (χ1v) is 10.1. The molecule has 2 aromatic heterocycles. The third-order valence-corrected chi connectivity index (χ3v) is 5.84. The lowest BCUT2D eigenvalue weighted by atomic mass is 9.97. The van der Waals surface area contributed by atoms with E-state index in [1.807, 2.05) is 35.7 Å². The van der Waals surface area contributed by atoms with E-state index in [2.05, 4.69) is 20.3 Å². The van der Waals surface area contributed by atoms with Crippen molar-refractivity contribution >= 4 is 50.3 Å². The summed E-state index contributed by atoms with van der Waals surface area (Å²) in [6.45, 7) is 0. The third kappa shape index (κ3) is 3.40. The number of hydrogen-bond donors (Lipinski definition) is 1. The Morgan fingerprint density at radius 1 is 1.21 bits per heavy atom. The highest BCUT2D eigenvalue weighted by Crippen LogP contribution is 2.30. The van der Waals surface area contributed by atoms with Crippen LogP contribution in [0.25, 0.3) is 10.1 Å². The number of thiophene rings is 1. The normalized spacial score (nSPS) is 14.6. The number of amides is 1. The van der Waals surface area contributed by atoms with Crippen LogP contribution in [0.2, 0.25) is 0 Å². The summed E-state index contributed by atoms with van der Waals surface area (Å²) in [7, 11) is 0. The number of carbonyl (C=O) groups is 2. The minimum Gasteiger partial charge on any atom is -0.308 e. The molecule has 142 valence electrons. The number of Topliss-reactive ketones (excluding diaryl/α,β-unsaturated/α-hetero) is 1. The zero-order valence-electron chi connectivity index (χ0n) is 15.4. The van der Waals surface area contributed by atoms with E-state index in [-0.39, 0.29) is 11.7 Å². The molecule has 0 atom stereocenters. The Morgan fingerprint density at radius 3 is 3.00 bits per heavy atom. The number of nitrogens with one attached hydrogen (secondary N) is 1. The first kappa shape index (κ1) is 17.6. The van der Waals surface area contributed by atoms with Crippen LogP contribution in [0.4, 0.5) is 5.69 Å². The van der Waals surface area contributed by atoms with E-state index in [4.69, 9.17) is 0 Å². The molecular formula is C22H16N4O2S. The van der Waals surface area contributed by atoms with Gasteiger partial charge in [-0.25, -0.2) is 4.99 Å². The molecular weight excluding hydrogens is 384 g/mol. The first-order chi connectivity index (χ1) is 14.2. The quantitative estimate of drug-likeness (QED) is 0.665. The Morgan fingerprint density at radius 2 is 2.14 bits per heavy atom. The molecule has 0 fully saturated rings. The summed E-state index contributed by atoms with van der Waals surface area (Å²) in [5.74, 6) is 0.251. The van der Waals surface area contributed by atoms with Gasteiger partial charge in [-0.2, -0.15) is 0 Å². The predicted molar refractivity (Wildman–Crippen MR) is 114 cm³/mol. The van der Waals surface area contributed by atoms with Crippen molar-refractivity contribution in [2.75, 3.05) is 0 Å². The highest BCUT2D eigenvalue weighted by Gasteiger charge is 2.24. The Labute approximate surface area is 170 Å². The number of hydrogen-bond acceptors (Lipinski definition) is 6. The van der Waals surface area contributed by atoms with Gasteiger partial charge in [0.25, 0.3) is 5.91 Å². The van der Waals surface area contributed by atoms with E-state index in [9.17, 15) is 9.59 Å². The number of aromatic nitrogens is 1. The lowest BCUT2D eigenvalue weighted by Crippen LogP contribution is -2.31. The van der Waals surface area contributed by atoms with Crippen molar-refractivity contribution in [2.45, 2.75) is 19.3 Å². The van der Waals surface area contributed by atoms with Crippen LogP contribution in [0.1, 0.15) is 39.3 Å². The van der Waals surface area contributed by atoms with Crippen molar-refractivity contribution in [1.29, 1.82) is 0 Å². The number of pyridine rings is 1. The molecule has 2 aliphatic heterocycles. The van der Waals surface area contributed by atoms with Gasteiger partial charge < -0.3 is 5.32 Å². The molecule has 6 nitrogen and oxygen atoms in total. The number of benzene rings is 1. The number of amidine groups is 1. The molecule has 7 heteroatoms. The number of fused-ring (bicyclic) bond motifs is 2. The smallest absolute Gasteiger partial charge is 0.275 e. The molecule has 5 rings (SSSR count). The van der Waals surface area contributed by atoms with Crippen molar-refractivity contribution in [1.82, 2.24) is 10.3 Å². The number of rotatable bonds is 4. The average Bonchev–Trinajstić information content (AvgIpc) is 3.46. The fourth-order valence-electron chi connectivity index (χ4n) is 3.52. The molecule has 29 heavy (non-hydrogen) atoms. The summed E-state index contributed by atoms with van der Waals surface area (Å²) in [6.07, 6.45) is 6.81. The number of nitrogens with zero attached hydrogens (tertiary/aromatic N) is 3. The SMILES string of the molecule is O=C(NC1=Nc2cccc(C(=O)CC3=NC=CC3)c2C1)c1cc2sccc2cn1. The molecule has 1 amide bonds. The number of carbonyl (C=O) groups excluding carboxylic acids is 2. The van der Waals surface area contributed by atoms with Crippen molar-refractivity contribution in [2.24, 2.45) is 9.98 Å². The lowest BCUT2D eigenvalue weighted by Gasteiger charge is -2.07. The molecule has 0 spiro atoms. The van der Waals surface area contributed by atoms with Gasteiger partial charge in [0.1, 0.15) is 11.5 Å². The first-order valence-electron chi connectivity index (χ1n) is 9.25. The molecule has 4 heterocycles. The molecule has 0 aliphatic carbocycles. The van der Waals surface area contributed by atoms with Crippen molar-refractivity contribution in [3.8, 4) is 0 Å². The number of allylic oxidation sites excluding steroid dienone is 1. The highest BCUT2D eigenvalue weighted by molar-refractivity contribution is 7.17. The van der Waals surface area contributed by atoms with E-state index < -0.39 is 0 Å². The molecule has 3 aromatic rings. The minimum absolute atomic E-state index is 0.0249. The average molecular weight is 400 g/mol. The maximum atomic E-state index is 12.8. The minimum atomic E-state index is -0.300. The maximum Gasteiger partial charge on any atom is 0.275 e. The molecule has 0 saturated heterocycles. The predicted octanol–water partition coefficient (Wildman–Crippen LogP) is 4.24. The van der Waals surface area contributed by atoms with Crippen LogP contribution in [0.5, 0.6) is 0 Å². The Kier molecular flexibility index (Phi) is 4.37. The largest absolute Gasteiger partial charge is 0.308 e. The second-order valence-corrected chi connectivity index (χ2v) is 7.85.